The van der Waals surface area contributed by atoms with Gasteiger partial charge in [-0.3, -0.25) is 9.69 Å². The molecule has 0 saturated heterocycles. The van der Waals surface area contributed by atoms with Gasteiger partial charge in [0.2, 0.25) is 0 Å². The van der Waals surface area contributed by atoms with Crippen LogP contribution in [0.5, 0.6) is 5.75 Å². The van der Waals surface area contributed by atoms with Gasteiger partial charge in [-0.15, -0.1) is 0 Å². The Balaban J connectivity index is 1.46. The summed E-state index contributed by atoms with van der Waals surface area (Å²) in [6.45, 7) is 2.28. The number of esters is 1. The first-order valence-corrected chi connectivity index (χ1v) is 13.9. The minimum Gasteiger partial charge on any atom is -0.427 e. The summed E-state index contributed by atoms with van der Waals surface area (Å²) in [7, 11) is 0. The molecule has 0 unspecified atom stereocenters. The average molecular weight is 579 g/mol. The summed E-state index contributed by atoms with van der Waals surface area (Å²) in [5, 5.41) is 2.72. The highest BCUT2D eigenvalue weighted by Crippen LogP contribution is 2.32. The molecule has 4 aromatic carbocycles. The second-order valence-electron chi connectivity index (χ2n) is 9.18. The van der Waals surface area contributed by atoms with Crippen molar-refractivity contribution in [1.29, 1.82) is 0 Å². The number of hydrogen-bond donors (Lipinski definition) is 1. The topological polar surface area (TPSA) is 58.6 Å². The van der Waals surface area contributed by atoms with Gasteiger partial charge in [-0.2, -0.15) is 13.2 Å². The number of ether oxygens (including phenoxy) is 1. The third-order valence-corrected chi connectivity index (χ3v) is 7.08. The fourth-order valence-electron chi connectivity index (χ4n) is 3.96. The molecule has 41 heavy (non-hydrogen) atoms. The minimum atomic E-state index is -4.45. The van der Waals surface area contributed by atoms with Gasteiger partial charge in [0, 0.05) is 34.1 Å². The molecule has 212 valence electrons. The molecule has 0 spiro atoms. The van der Waals surface area contributed by atoms with Gasteiger partial charge in [-0.05, 0) is 91.2 Å². The Morgan fingerprint density at radius 1 is 0.829 bits per heavy atom. The van der Waals surface area contributed by atoms with Gasteiger partial charge in [0.1, 0.15) is 5.75 Å². The second-order valence-corrected chi connectivity index (χ2v) is 10.3. The largest absolute Gasteiger partial charge is 0.427 e. The van der Waals surface area contributed by atoms with Gasteiger partial charge in [0.15, 0.2) is 0 Å². The van der Waals surface area contributed by atoms with E-state index in [1.54, 1.807) is 17.0 Å². The van der Waals surface area contributed by atoms with Crippen LogP contribution in [0.3, 0.4) is 0 Å². The van der Waals surface area contributed by atoms with Crippen molar-refractivity contribution in [3.8, 4) is 5.75 Å². The first-order chi connectivity index (χ1) is 19.7. The van der Waals surface area contributed by atoms with Crippen molar-refractivity contribution < 1.29 is 27.5 Å². The van der Waals surface area contributed by atoms with E-state index in [9.17, 15) is 22.8 Å². The Labute approximate surface area is 241 Å². The third-order valence-electron chi connectivity index (χ3n) is 6.07. The Morgan fingerprint density at radius 3 is 2.02 bits per heavy atom. The molecule has 5 nitrogen and oxygen atoms in total. The molecule has 0 radical (unpaired) electrons. The molecule has 2 amide bonds. The van der Waals surface area contributed by atoms with E-state index in [1.165, 1.54) is 23.9 Å². The van der Waals surface area contributed by atoms with E-state index >= 15 is 0 Å². The monoisotopic (exact) mass is 578 g/mol. The van der Waals surface area contributed by atoms with E-state index in [4.69, 9.17) is 4.74 Å². The van der Waals surface area contributed by atoms with Gasteiger partial charge in [0.25, 0.3) is 0 Å². The molecular formula is C32H29F3N2O3S. The van der Waals surface area contributed by atoms with Crippen LogP contribution in [0.1, 0.15) is 30.9 Å². The number of amides is 2. The van der Waals surface area contributed by atoms with Crippen LogP contribution in [-0.2, 0) is 17.4 Å². The van der Waals surface area contributed by atoms with Crippen LogP contribution >= 0.6 is 11.8 Å². The lowest BCUT2D eigenvalue weighted by molar-refractivity contribution is -0.137. The van der Waals surface area contributed by atoms with E-state index in [2.05, 4.69) is 5.32 Å². The molecule has 0 atom stereocenters. The minimum absolute atomic E-state index is 0.261. The van der Waals surface area contributed by atoms with Crippen molar-refractivity contribution in [1.82, 2.24) is 0 Å². The number of benzene rings is 4. The van der Waals surface area contributed by atoms with Crippen LogP contribution in [0, 0.1) is 0 Å². The molecular weight excluding hydrogens is 549 g/mol. The number of hydrogen-bond acceptors (Lipinski definition) is 4. The van der Waals surface area contributed by atoms with Crippen molar-refractivity contribution in [2.45, 2.75) is 42.2 Å². The quantitative estimate of drug-likeness (QED) is 0.151. The highest BCUT2D eigenvalue weighted by molar-refractivity contribution is 7.99. The molecule has 0 aliphatic heterocycles. The van der Waals surface area contributed by atoms with Crippen LogP contribution in [0.4, 0.5) is 29.3 Å². The number of carbonyl (C=O) groups excluding carboxylic acids is 2. The Hall–Kier alpha value is -4.24. The van der Waals surface area contributed by atoms with Crippen LogP contribution in [0.15, 0.2) is 113 Å². The number of halogens is 3. The third kappa shape index (κ3) is 8.88. The molecule has 4 rings (SSSR count). The van der Waals surface area contributed by atoms with Crippen molar-refractivity contribution in [2.75, 3.05) is 16.8 Å². The number of alkyl halides is 3. The fourth-order valence-corrected chi connectivity index (χ4v) is 4.78. The molecule has 0 fully saturated rings. The second kappa shape index (κ2) is 13.9. The number of urea groups is 1. The van der Waals surface area contributed by atoms with Crippen molar-refractivity contribution in [3.05, 3.63) is 114 Å². The highest BCUT2D eigenvalue weighted by atomic mass is 32.2. The normalized spacial score (nSPS) is 11.1. The van der Waals surface area contributed by atoms with Crippen LogP contribution < -0.4 is 15.0 Å². The summed E-state index contributed by atoms with van der Waals surface area (Å²) in [6.07, 6.45) is -2.77. The molecule has 0 heterocycles. The summed E-state index contributed by atoms with van der Waals surface area (Å²) in [5.74, 6) is 0.235. The summed E-state index contributed by atoms with van der Waals surface area (Å²) in [5.41, 5.74) is 1.18. The zero-order valence-corrected chi connectivity index (χ0v) is 23.2. The SMILES string of the molecule is CCCC(=O)Oc1ccc(Sc2ccc(N(CCc3ccccc3)C(=O)Nc3ccc(C(F)(F)F)cc3)cc2)cc1. The molecule has 0 saturated carbocycles. The highest BCUT2D eigenvalue weighted by Gasteiger charge is 2.30. The van der Waals surface area contributed by atoms with Gasteiger partial charge in [-0.25, -0.2) is 4.79 Å². The number of nitrogens with one attached hydrogen (secondary N) is 1. The lowest BCUT2D eigenvalue weighted by Gasteiger charge is -2.24. The molecule has 0 aliphatic carbocycles. The van der Waals surface area contributed by atoms with E-state index in [0.29, 0.717) is 30.8 Å². The summed E-state index contributed by atoms with van der Waals surface area (Å²) >= 11 is 1.52. The van der Waals surface area contributed by atoms with Crippen LogP contribution in [0.2, 0.25) is 0 Å². The molecule has 9 heteroatoms. The van der Waals surface area contributed by atoms with Crippen LogP contribution in [-0.4, -0.2) is 18.5 Å². The molecule has 0 aromatic heterocycles. The maximum absolute atomic E-state index is 13.3. The van der Waals surface area contributed by atoms with Crippen molar-refractivity contribution >= 4 is 35.1 Å². The van der Waals surface area contributed by atoms with Gasteiger partial charge in [-0.1, -0.05) is 49.0 Å². The molecule has 0 bridgehead atoms. The van der Waals surface area contributed by atoms with Gasteiger partial charge < -0.3 is 10.1 Å². The lowest BCUT2D eigenvalue weighted by Crippen LogP contribution is -2.36. The van der Waals surface area contributed by atoms with E-state index < -0.39 is 17.8 Å². The summed E-state index contributed by atoms with van der Waals surface area (Å²) in [4.78, 5) is 28.5. The van der Waals surface area contributed by atoms with Gasteiger partial charge >= 0.3 is 18.2 Å². The number of carbonyl (C=O) groups is 2. The smallest absolute Gasteiger partial charge is 0.416 e. The zero-order valence-electron chi connectivity index (χ0n) is 22.4. The van der Waals surface area contributed by atoms with E-state index in [-0.39, 0.29) is 11.7 Å². The first kappa shape index (κ1) is 29.7. The maximum atomic E-state index is 13.3. The average Bonchev–Trinajstić information content (AvgIpc) is 2.95. The molecule has 1 N–H and O–H groups in total. The summed E-state index contributed by atoms with van der Waals surface area (Å²) < 4.78 is 44.1. The zero-order chi connectivity index (χ0) is 29.2. The Kier molecular flexibility index (Phi) is 10.1. The van der Waals surface area contributed by atoms with E-state index in [0.717, 1.165) is 33.9 Å². The number of anilines is 2. The van der Waals surface area contributed by atoms with Crippen molar-refractivity contribution in [2.24, 2.45) is 0 Å². The van der Waals surface area contributed by atoms with E-state index in [1.807, 2.05) is 73.7 Å². The number of nitrogens with zero attached hydrogens (tertiary/aromatic N) is 1. The summed E-state index contributed by atoms with van der Waals surface area (Å²) in [6, 6.07) is 28.3. The predicted octanol–water partition coefficient (Wildman–Crippen LogP) is 8.84. The van der Waals surface area contributed by atoms with Gasteiger partial charge in [0.05, 0.1) is 5.56 Å². The first-order valence-electron chi connectivity index (χ1n) is 13.1. The molecule has 0 aliphatic rings. The Bertz CT molecular complexity index is 1430. The standard InChI is InChI=1S/C32H29F3N2O3S/c1-2-6-30(38)40-27-15-19-29(20-16-27)41-28-17-13-26(14-18-28)37(22-21-23-7-4-3-5-8-23)31(39)36-25-11-9-24(10-12-25)32(33,34)35/h3-5,7-20H,2,6,21-22H2,1H3,(H,36,39). The van der Waals surface area contributed by atoms with Crippen LogP contribution in [0.25, 0.3) is 0 Å². The predicted molar refractivity (Wildman–Crippen MR) is 156 cm³/mol. The fraction of sp³-hybridized carbons (Fsp3) is 0.188. The molecule has 4 aromatic rings. The lowest BCUT2D eigenvalue weighted by atomic mass is 10.1. The Morgan fingerprint density at radius 2 is 1.44 bits per heavy atom. The number of rotatable bonds is 10. The maximum Gasteiger partial charge on any atom is 0.416 e. The van der Waals surface area contributed by atoms with Crippen molar-refractivity contribution in [3.63, 3.8) is 0 Å².